The fourth-order valence-electron chi connectivity index (χ4n) is 2.46. The summed E-state index contributed by atoms with van der Waals surface area (Å²) in [6, 6.07) is 18.4. The monoisotopic (exact) mass is 342 g/mol. The second-order valence-corrected chi connectivity index (χ2v) is 5.66. The molecule has 0 radical (unpaired) electrons. The lowest BCUT2D eigenvalue weighted by molar-refractivity contribution is -0.131. The maximum atomic E-state index is 10.6. The summed E-state index contributed by atoms with van der Waals surface area (Å²) in [5.41, 5.74) is 1.54. The first-order chi connectivity index (χ1) is 12.1. The standard InChI is InChI=1S/C20H22O5/c21-17(12-7-13-18(22)23)20(19(24)16-10-5-2-6-11-16)25-14-15-8-3-1-4-9-15/h1-11,13,17,19-21,24H,12,14H2,(H,22,23)/b13-7+/t17-,19-,20-/m0/s1. The molecule has 0 aliphatic heterocycles. The van der Waals surface area contributed by atoms with E-state index in [2.05, 4.69) is 0 Å². The van der Waals surface area contributed by atoms with Crippen molar-refractivity contribution in [1.29, 1.82) is 0 Å². The molecule has 2 aromatic carbocycles. The number of ether oxygens (including phenoxy) is 1. The number of aliphatic carboxylic acids is 1. The molecule has 0 bridgehead atoms. The molecule has 0 heterocycles. The van der Waals surface area contributed by atoms with Crippen LogP contribution in [0.25, 0.3) is 0 Å². The molecule has 0 saturated heterocycles. The Hall–Kier alpha value is -2.47. The zero-order valence-electron chi connectivity index (χ0n) is 13.7. The van der Waals surface area contributed by atoms with Gasteiger partial charge in [0.05, 0.1) is 12.7 Å². The number of carbonyl (C=O) groups is 1. The van der Waals surface area contributed by atoms with Gasteiger partial charge in [0.15, 0.2) is 0 Å². The van der Waals surface area contributed by atoms with Crippen LogP contribution >= 0.6 is 0 Å². The molecule has 0 unspecified atom stereocenters. The van der Waals surface area contributed by atoms with Crippen molar-refractivity contribution in [2.24, 2.45) is 0 Å². The van der Waals surface area contributed by atoms with Crippen molar-refractivity contribution in [3.05, 3.63) is 83.9 Å². The van der Waals surface area contributed by atoms with Gasteiger partial charge in [0.1, 0.15) is 12.2 Å². The van der Waals surface area contributed by atoms with Crippen LogP contribution in [-0.4, -0.2) is 33.5 Å². The summed E-state index contributed by atoms with van der Waals surface area (Å²) in [7, 11) is 0. The Labute approximate surface area is 146 Å². The predicted molar refractivity (Wildman–Crippen MR) is 93.8 cm³/mol. The topological polar surface area (TPSA) is 87.0 Å². The number of aliphatic hydroxyl groups excluding tert-OH is 2. The SMILES string of the molecule is O=C(O)/C=C/C[C@H](O)[C@H](OCc1ccccc1)[C@@H](O)c1ccccc1. The maximum absolute atomic E-state index is 10.6. The lowest BCUT2D eigenvalue weighted by atomic mass is 9.98. The molecule has 0 spiro atoms. The molecular weight excluding hydrogens is 320 g/mol. The van der Waals surface area contributed by atoms with Gasteiger partial charge in [0.25, 0.3) is 0 Å². The zero-order chi connectivity index (χ0) is 18.1. The first-order valence-electron chi connectivity index (χ1n) is 8.04. The minimum atomic E-state index is -1.09. The summed E-state index contributed by atoms with van der Waals surface area (Å²) >= 11 is 0. The minimum Gasteiger partial charge on any atom is -0.478 e. The summed E-state index contributed by atoms with van der Waals surface area (Å²) in [5, 5.41) is 29.7. The summed E-state index contributed by atoms with van der Waals surface area (Å²) in [6.07, 6.45) is -0.584. The molecule has 2 aromatic rings. The fourth-order valence-corrected chi connectivity index (χ4v) is 2.46. The molecule has 3 atom stereocenters. The molecule has 0 aliphatic carbocycles. The third-order valence-corrected chi connectivity index (χ3v) is 3.75. The van der Waals surface area contributed by atoms with Crippen LogP contribution in [0.2, 0.25) is 0 Å². The van der Waals surface area contributed by atoms with E-state index in [0.29, 0.717) is 5.56 Å². The van der Waals surface area contributed by atoms with Crippen LogP contribution in [0.3, 0.4) is 0 Å². The van der Waals surface area contributed by atoms with E-state index >= 15 is 0 Å². The van der Waals surface area contributed by atoms with E-state index in [-0.39, 0.29) is 13.0 Å². The molecule has 2 rings (SSSR count). The number of aliphatic hydroxyl groups is 2. The zero-order valence-corrected chi connectivity index (χ0v) is 13.7. The van der Waals surface area contributed by atoms with E-state index in [1.54, 1.807) is 24.3 Å². The van der Waals surface area contributed by atoms with E-state index in [1.165, 1.54) is 6.08 Å². The smallest absolute Gasteiger partial charge is 0.327 e. The number of rotatable bonds is 9. The van der Waals surface area contributed by atoms with Crippen LogP contribution < -0.4 is 0 Å². The number of hydrogen-bond donors (Lipinski definition) is 3. The molecule has 5 nitrogen and oxygen atoms in total. The lowest BCUT2D eigenvalue weighted by Gasteiger charge is -2.27. The maximum Gasteiger partial charge on any atom is 0.327 e. The van der Waals surface area contributed by atoms with Crippen LogP contribution in [0.15, 0.2) is 72.8 Å². The highest BCUT2D eigenvalue weighted by Gasteiger charge is 2.28. The van der Waals surface area contributed by atoms with Crippen LogP contribution in [0.5, 0.6) is 0 Å². The first kappa shape index (κ1) is 18.9. The van der Waals surface area contributed by atoms with Gasteiger partial charge in [0, 0.05) is 6.08 Å². The van der Waals surface area contributed by atoms with Crippen LogP contribution in [0.4, 0.5) is 0 Å². The van der Waals surface area contributed by atoms with Gasteiger partial charge in [-0.25, -0.2) is 4.79 Å². The third kappa shape index (κ3) is 6.15. The Kier molecular flexibility index (Phi) is 7.35. The van der Waals surface area contributed by atoms with Gasteiger partial charge in [0.2, 0.25) is 0 Å². The summed E-state index contributed by atoms with van der Waals surface area (Å²) in [6.45, 7) is 0.231. The van der Waals surface area contributed by atoms with Crippen molar-refractivity contribution < 1.29 is 24.9 Å². The predicted octanol–water partition coefficient (Wildman–Crippen LogP) is 2.70. The lowest BCUT2D eigenvalue weighted by Crippen LogP contribution is -2.34. The highest BCUT2D eigenvalue weighted by molar-refractivity contribution is 5.79. The summed E-state index contributed by atoms with van der Waals surface area (Å²) < 4.78 is 5.78. The Bertz CT molecular complexity index is 669. The van der Waals surface area contributed by atoms with Crippen LogP contribution in [0.1, 0.15) is 23.7 Å². The average molecular weight is 342 g/mol. The molecule has 0 saturated carbocycles. The van der Waals surface area contributed by atoms with Crippen LogP contribution in [0, 0.1) is 0 Å². The highest BCUT2D eigenvalue weighted by atomic mass is 16.5. The van der Waals surface area contributed by atoms with Crippen molar-refractivity contribution in [3.8, 4) is 0 Å². The number of carboxylic acid groups (broad SMARTS) is 1. The largest absolute Gasteiger partial charge is 0.478 e. The molecule has 25 heavy (non-hydrogen) atoms. The molecule has 0 aromatic heterocycles. The van der Waals surface area contributed by atoms with E-state index < -0.39 is 24.3 Å². The molecule has 5 heteroatoms. The number of hydrogen-bond acceptors (Lipinski definition) is 4. The van der Waals surface area contributed by atoms with Crippen molar-refractivity contribution in [3.63, 3.8) is 0 Å². The molecular formula is C20H22O5. The minimum absolute atomic E-state index is 0.0651. The van der Waals surface area contributed by atoms with Crippen molar-refractivity contribution in [2.45, 2.75) is 31.3 Å². The van der Waals surface area contributed by atoms with E-state index in [9.17, 15) is 15.0 Å². The second-order valence-electron chi connectivity index (χ2n) is 5.66. The fraction of sp³-hybridized carbons (Fsp3) is 0.250. The average Bonchev–Trinajstić information content (AvgIpc) is 2.63. The van der Waals surface area contributed by atoms with Crippen molar-refractivity contribution in [2.75, 3.05) is 0 Å². The van der Waals surface area contributed by atoms with E-state index in [4.69, 9.17) is 9.84 Å². The summed E-state index contributed by atoms with van der Waals surface area (Å²) in [4.78, 5) is 10.6. The highest BCUT2D eigenvalue weighted by Crippen LogP contribution is 2.24. The van der Waals surface area contributed by atoms with E-state index in [0.717, 1.165) is 11.6 Å². The Morgan fingerprint density at radius 1 is 1.00 bits per heavy atom. The van der Waals surface area contributed by atoms with Gasteiger partial charge < -0.3 is 20.1 Å². The molecule has 0 amide bonds. The molecule has 132 valence electrons. The van der Waals surface area contributed by atoms with Gasteiger partial charge in [-0.1, -0.05) is 66.7 Å². The summed E-state index contributed by atoms with van der Waals surface area (Å²) in [5.74, 6) is -1.09. The second kappa shape index (κ2) is 9.74. The van der Waals surface area contributed by atoms with Gasteiger partial charge in [-0.15, -0.1) is 0 Å². The van der Waals surface area contributed by atoms with Gasteiger partial charge in [-0.2, -0.15) is 0 Å². The van der Waals surface area contributed by atoms with Crippen molar-refractivity contribution in [1.82, 2.24) is 0 Å². The molecule has 0 aliphatic rings. The van der Waals surface area contributed by atoms with Gasteiger partial charge in [-0.05, 0) is 17.5 Å². The van der Waals surface area contributed by atoms with Gasteiger partial charge in [-0.3, -0.25) is 0 Å². The Balaban J connectivity index is 2.10. The number of carboxylic acids is 1. The van der Waals surface area contributed by atoms with Crippen LogP contribution in [-0.2, 0) is 16.1 Å². The number of benzene rings is 2. The van der Waals surface area contributed by atoms with E-state index in [1.807, 2.05) is 36.4 Å². The third-order valence-electron chi connectivity index (χ3n) is 3.75. The Morgan fingerprint density at radius 2 is 1.60 bits per heavy atom. The quantitative estimate of drug-likeness (QED) is 0.610. The normalized spacial score (nSPS) is 15.0. The Morgan fingerprint density at radius 3 is 2.20 bits per heavy atom. The first-order valence-corrected chi connectivity index (χ1v) is 8.04. The van der Waals surface area contributed by atoms with Crippen molar-refractivity contribution >= 4 is 5.97 Å². The molecule has 0 fully saturated rings. The van der Waals surface area contributed by atoms with Gasteiger partial charge >= 0.3 is 5.97 Å². The molecule has 3 N–H and O–H groups in total.